The van der Waals surface area contributed by atoms with E-state index in [2.05, 4.69) is 4.57 Å². The third kappa shape index (κ3) is 4.40. The molecule has 1 atom stereocenters. The number of ether oxygens (including phenoxy) is 1. The molecule has 0 aliphatic carbocycles. The first kappa shape index (κ1) is 22.0. The molecule has 0 radical (unpaired) electrons. The maximum Gasteiger partial charge on any atom is 0.516 e. The Kier molecular flexibility index (Phi) is 5.45. The zero-order chi connectivity index (χ0) is 21.8. The summed E-state index contributed by atoms with van der Waals surface area (Å²) in [5, 5.41) is 0. The van der Waals surface area contributed by atoms with E-state index in [0.29, 0.717) is 13.1 Å². The number of aromatic nitrogens is 2. The van der Waals surface area contributed by atoms with Gasteiger partial charge in [-0.2, -0.15) is 0 Å². The summed E-state index contributed by atoms with van der Waals surface area (Å²) in [5.74, 6) is 0.825. The van der Waals surface area contributed by atoms with Crippen LogP contribution in [-0.4, -0.2) is 71.7 Å². The van der Waals surface area contributed by atoms with Crippen LogP contribution in [0.4, 0.5) is 10.7 Å². The van der Waals surface area contributed by atoms with Crippen molar-refractivity contribution < 1.29 is 18.8 Å². The minimum absolute atomic E-state index is 0.128. The molecule has 8 nitrogen and oxygen atoms in total. The van der Waals surface area contributed by atoms with Crippen LogP contribution in [0.15, 0.2) is 6.20 Å². The molecule has 3 heterocycles. The topological polar surface area (TPSA) is 69.1 Å². The van der Waals surface area contributed by atoms with Gasteiger partial charge in [-0.15, -0.1) is 0 Å². The molecule has 29 heavy (non-hydrogen) atoms. The third-order valence-electron chi connectivity index (χ3n) is 5.83. The van der Waals surface area contributed by atoms with Crippen LogP contribution in [0.1, 0.15) is 60.9 Å². The Morgan fingerprint density at radius 2 is 1.83 bits per heavy atom. The highest BCUT2D eigenvalue weighted by molar-refractivity contribution is 6.61. The molecule has 2 fully saturated rings. The van der Waals surface area contributed by atoms with Crippen molar-refractivity contribution in [1.29, 1.82) is 0 Å². The summed E-state index contributed by atoms with van der Waals surface area (Å²) >= 11 is 0. The Labute approximate surface area is 174 Å². The SMILES string of the molecule is CN(C)c1nc(B2OC(C)(C)C(C)(C)O2)cn1C1CCN(C(=O)OC(C)(C)C)C1. The third-order valence-corrected chi connectivity index (χ3v) is 5.83. The van der Waals surface area contributed by atoms with E-state index in [1.807, 2.05) is 73.7 Å². The zero-order valence-electron chi connectivity index (χ0n) is 19.3. The Morgan fingerprint density at radius 3 is 2.34 bits per heavy atom. The molecule has 2 aliphatic heterocycles. The highest BCUT2D eigenvalue weighted by Crippen LogP contribution is 2.37. The standard InChI is InChI=1S/C20H35BN4O4/c1-18(2,3)27-17(26)24-11-10-14(12-24)25-13-15(22-16(25)23(8)9)21-28-19(4,5)20(6,7)29-21/h13-14H,10-12H2,1-9H3. The molecular formula is C20H35BN4O4. The van der Waals surface area contributed by atoms with E-state index in [9.17, 15) is 4.79 Å². The van der Waals surface area contributed by atoms with E-state index in [-0.39, 0.29) is 12.1 Å². The van der Waals surface area contributed by atoms with Gasteiger partial charge in [-0.05, 0) is 54.9 Å². The van der Waals surface area contributed by atoms with Crippen LogP contribution < -0.4 is 10.5 Å². The number of nitrogens with zero attached hydrogens (tertiary/aromatic N) is 4. The van der Waals surface area contributed by atoms with Gasteiger partial charge < -0.3 is 28.4 Å². The molecule has 1 aromatic heterocycles. The fraction of sp³-hybridized carbons (Fsp3) is 0.800. The number of carbonyl (C=O) groups is 1. The quantitative estimate of drug-likeness (QED) is 0.719. The predicted molar refractivity (Wildman–Crippen MR) is 114 cm³/mol. The maximum atomic E-state index is 12.4. The average molecular weight is 406 g/mol. The highest BCUT2D eigenvalue weighted by Gasteiger charge is 2.53. The van der Waals surface area contributed by atoms with Crippen LogP contribution in [0.5, 0.6) is 0 Å². The molecule has 2 aliphatic rings. The number of carbonyl (C=O) groups excluding carboxylic acids is 1. The van der Waals surface area contributed by atoms with Crippen molar-refractivity contribution in [2.45, 2.75) is 77.7 Å². The first-order valence-corrected chi connectivity index (χ1v) is 10.3. The number of amides is 1. The molecule has 1 unspecified atom stereocenters. The molecule has 0 spiro atoms. The lowest BCUT2D eigenvalue weighted by molar-refractivity contribution is 0.00578. The molecule has 0 aromatic carbocycles. The van der Waals surface area contributed by atoms with E-state index < -0.39 is 23.9 Å². The molecule has 0 N–H and O–H groups in total. The van der Waals surface area contributed by atoms with Gasteiger partial charge in [-0.3, -0.25) is 0 Å². The number of hydrogen-bond acceptors (Lipinski definition) is 6. The van der Waals surface area contributed by atoms with Gasteiger partial charge in [-0.25, -0.2) is 9.78 Å². The summed E-state index contributed by atoms with van der Waals surface area (Å²) in [6.45, 7) is 15.0. The van der Waals surface area contributed by atoms with Gasteiger partial charge in [0, 0.05) is 33.4 Å². The van der Waals surface area contributed by atoms with E-state index >= 15 is 0 Å². The Hall–Kier alpha value is -1.74. The lowest BCUT2D eigenvalue weighted by Crippen LogP contribution is -2.41. The second kappa shape index (κ2) is 7.20. The summed E-state index contributed by atoms with van der Waals surface area (Å²) in [7, 11) is 3.42. The Morgan fingerprint density at radius 1 is 1.24 bits per heavy atom. The Balaban J connectivity index is 1.80. The largest absolute Gasteiger partial charge is 0.516 e. The summed E-state index contributed by atoms with van der Waals surface area (Å²) in [4.78, 5) is 21.0. The summed E-state index contributed by atoms with van der Waals surface area (Å²) in [6, 6.07) is 0.128. The number of hydrogen-bond donors (Lipinski definition) is 0. The summed E-state index contributed by atoms with van der Waals surface area (Å²) < 4.78 is 20.0. The van der Waals surface area contributed by atoms with Gasteiger partial charge in [0.25, 0.3) is 0 Å². The van der Waals surface area contributed by atoms with Crippen LogP contribution in [0.25, 0.3) is 0 Å². The minimum atomic E-state index is -0.511. The van der Waals surface area contributed by atoms with Crippen molar-refractivity contribution in [3.05, 3.63) is 6.20 Å². The van der Waals surface area contributed by atoms with E-state index in [0.717, 1.165) is 18.0 Å². The van der Waals surface area contributed by atoms with Crippen molar-refractivity contribution in [2.75, 3.05) is 32.1 Å². The van der Waals surface area contributed by atoms with Crippen molar-refractivity contribution in [1.82, 2.24) is 14.5 Å². The second-order valence-corrected chi connectivity index (χ2v) is 10.2. The van der Waals surface area contributed by atoms with E-state index in [4.69, 9.17) is 19.0 Å². The first-order chi connectivity index (χ1) is 13.2. The minimum Gasteiger partial charge on any atom is -0.444 e. The average Bonchev–Trinajstić information content (AvgIpc) is 3.22. The molecule has 9 heteroatoms. The maximum absolute atomic E-state index is 12.4. The summed E-state index contributed by atoms with van der Waals surface area (Å²) in [6.07, 6.45) is 2.58. The fourth-order valence-electron chi connectivity index (χ4n) is 3.54. The van der Waals surface area contributed by atoms with E-state index in [1.54, 1.807) is 4.90 Å². The molecule has 0 saturated carbocycles. The van der Waals surface area contributed by atoms with Crippen molar-refractivity contribution >= 4 is 24.8 Å². The zero-order valence-corrected chi connectivity index (χ0v) is 19.3. The van der Waals surface area contributed by atoms with Gasteiger partial charge in [-0.1, -0.05) is 0 Å². The normalized spacial score (nSPS) is 23.6. The number of anilines is 1. The molecular weight excluding hydrogens is 371 g/mol. The highest BCUT2D eigenvalue weighted by atomic mass is 16.7. The molecule has 1 amide bonds. The second-order valence-electron chi connectivity index (χ2n) is 10.2. The van der Waals surface area contributed by atoms with Gasteiger partial charge in [0.1, 0.15) is 5.60 Å². The van der Waals surface area contributed by atoms with Crippen LogP contribution in [0, 0.1) is 0 Å². The van der Waals surface area contributed by atoms with Crippen molar-refractivity contribution in [3.63, 3.8) is 0 Å². The van der Waals surface area contributed by atoms with Crippen molar-refractivity contribution in [2.24, 2.45) is 0 Å². The monoisotopic (exact) mass is 406 g/mol. The number of rotatable bonds is 3. The predicted octanol–water partition coefficient (Wildman–Crippen LogP) is 2.43. The molecule has 3 rings (SSSR count). The van der Waals surface area contributed by atoms with Crippen LogP contribution >= 0.6 is 0 Å². The van der Waals surface area contributed by atoms with Crippen LogP contribution in [0.2, 0.25) is 0 Å². The van der Waals surface area contributed by atoms with Gasteiger partial charge >= 0.3 is 13.2 Å². The lowest BCUT2D eigenvalue weighted by atomic mass is 9.86. The first-order valence-electron chi connectivity index (χ1n) is 10.3. The van der Waals surface area contributed by atoms with E-state index in [1.165, 1.54) is 0 Å². The number of likely N-dealkylation sites (tertiary alicyclic amines) is 1. The van der Waals surface area contributed by atoms with Crippen molar-refractivity contribution in [3.8, 4) is 0 Å². The van der Waals surface area contributed by atoms with Crippen LogP contribution in [0.3, 0.4) is 0 Å². The molecule has 162 valence electrons. The van der Waals surface area contributed by atoms with Gasteiger partial charge in [0.2, 0.25) is 5.95 Å². The summed E-state index contributed by atoms with van der Waals surface area (Å²) in [5.41, 5.74) is -0.576. The van der Waals surface area contributed by atoms with Crippen LogP contribution in [-0.2, 0) is 14.0 Å². The molecule has 2 saturated heterocycles. The molecule has 0 bridgehead atoms. The lowest BCUT2D eigenvalue weighted by Gasteiger charge is -2.32. The fourth-order valence-corrected chi connectivity index (χ4v) is 3.54. The molecule has 1 aromatic rings. The Bertz CT molecular complexity index is 753. The van der Waals surface area contributed by atoms with Gasteiger partial charge in [0.15, 0.2) is 0 Å². The van der Waals surface area contributed by atoms with Gasteiger partial charge in [0.05, 0.1) is 22.8 Å². The smallest absolute Gasteiger partial charge is 0.444 e. The number of imidazole rings is 1.